The zero-order valence-corrected chi connectivity index (χ0v) is 9.83. The first-order valence-corrected chi connectivity index (χ1v) is 5.67. The first kappa shape index (κ1) is 11.9. The van der Waals surface area contributed by atoms with Crippen LogP contribution in [0.15, 0.2) is 24.3 Å². The molecule has 0 atom stereocenters. The molecule has 2 rings (SSSR count). The number of carbonyl (C=O) groups is 1. The van der Waals surface area contributed by atoms with Crippen molar-refractivity contribution >= 4 is 5.91 Å². The van der Waals surface area contributed by atoms with E-state index >= 15 is 0 Å². The number of rotatable bonds is 5. The predicted octanol–water partition coefficient (Wildman–Crippen LogP) is 2.17. The van der Waals surface area contributed by atoms with Crippen LogP contribution < -0.4 is 10.1 Å². The second-order valence-corrected chi connectivity index (χ2v) is 4.55. The summed E-state index contributed by atoms with van der Waals surface area (Å²) in [6, 6.07) is 6.92. The molecule has 0 spiro atoms. The molecule has 1 aliphatic carbocycles. The Morgan fingerprint density at radius 3 is 2.88 bits per heavy atom. The Hall–Kier alpha value is -1.58. The van der Waals surface area contributed by atoms with Crippen molar-refractivity contribution in [1.82, 2.24) is 5.32 Å². The lowest BCUT2D eigenvalue weighted by Gasteiger charge is -2.12. The second kappa shape index (κ2) is 4.73. The molecule has 0 radical (unpaired) electrons. The lowest BCUT2D eigenvalue weighted by Crippen LogP contribution is -2.31. The standard InChI is InChI=1S/C13H16FNO2/c1-17-11-4-2-3-10(7-11)12(16)15-9-13(8-14)5-6-13/h2-4,7H,5-6,8-9H2,1H3,(H,15,16). The molecule has 0 unspecified atom stereocenters. The van der Waals surface area contributed by atoms with Crippen LogP contribution in [0.25, 0.3) is 0 Å². The van der Waals surface area contributed by atoms with E-state index in [1.165, 1.54) is 0 Å². The fraction of sp³-hybridized carbons (Fsp3) is 0.462. The van der Waals surface area contributed by atoms with E-state index in [1.54, 1.807) is 31.4 Å². The van der Waals surface area contributed by atoms with Crippen LogP contribution in [0.2, 0.25) is 0 Å². The maximum absolute atomic E-state index is 12.6. The fourth-order valence-corrected chi connectivity index (χ4v) is 1.67. The van der Waals surface area contributed by atoms with Gasteiger partial charge in [-0.15, -0.1) is 0 Å². The topological polar surface area (TPSA) is 38.3 Å². The fourth-order valence-electron chi connectivity index (χ4n) is 1.67. The zero-order valence-electron chi connectivity index (χ0n) is 9.83. The summed E-state index contributed by atoms with van der Waals surface area (Å²) in [5.74, 6) is 0.466. The second-order valence-electron chi connectivity index (χ2n) is 4.55. The molecule has 0 saturated heterocycles. The molecule has 4 heteroatoms. The van der Waals surface area contributed by atoms with Gasteiger partial charge in [-0.05, 0) is 31.0 Å². The molecule has 0 heterocycles. The molecule has 1 N–H and O–H groups in total. The quantitative estimate of drug-likeness (QED) is 0.852. The molecule has 1 saturated carbocycles. The number of amides is 1. The van der Waals surface area contributed by atoms with Gasteiger partial charge in [-0.3, -0.25) is 9.18 Å². The van der Waals surface area contributed by atoms with E-state index in [1.807, 2.05) is 0 Å². The summed E-state index contributed by atoms with van der Waals surface area (Å²) in [5.41, 5.74) is 0.258. The number of alkyl halides is 1. The molecule has 0 bridgehead atoms. The third-order valence-corrected chi connectivity index (χ3v) is 3.20. The first-order valence-electron chi connectivity index (χ1n) is 5.67. The van der Waals surface area contributed by atoms with Crippen molar-refractivity contribution in [3.8, 4) is 5.75 Å². The van der Waals surface area contributed by atoms with Crippen molar-refractivity contribution in [2.45, 2.75) is 12.8 Å². The largest absolute Gasteiger partial charge is 0.497 e. The van der Waals surface area contributed by atoms with Crippen molar-refractivity contribution in [3.05, 3.63) is 29.8 Å². The molecule has 0 aliphatic heterocycles. The summed E-state index contributed by atoms with van der Waals surface area (Å²) in [6.07, 6.45) is 1.73. The Labute approximate surface area is 100.0 Å². The number of ether oxygens (including phenoxy) is 1. The van der Waals surface area contributed by atoms with E-state index in [-0.39, 0.29) is 18.0 Å². The highest BCUT2D eigenvalue weighted by atomic mass is 19.1. The van der Waals surface area contributed by atoms with E-state index in [4.69, 9.17) is 4.74 Å². The van der Waals surface area contributed by atoms with Crippen molar-refractivity contribution in [2.24, 2.45) is 5.41 Å². The van der Waals surface area contributed by atoms with Crippen LogP contribution in [-0.2, 0) is 0 Å². The van der Waals surface area contributed by atoms with Gasteiger partial charge in [-0.2, -0.15) is 0 Å². The first-order chi connectivity index (χ1) is 8.19. The molecule has 1 aliphatic rings. The zero-order chi connectivity index (χ0) is 12.3. The Kier molecular flexibility index (Phi) is 3.31. The van der Waals surface area contributed by atoms with Gasteiger partial charge in [-0.1, -0.05) is 6.07 Å². The smallest absolute Gasteiger partial charge is 0.251 e. The summed E-state index contributed by atoms with van der Waals surface area (Å²) < 4.78 is 17.7. The van der Waals surface area contributed by atoms with Gasteiger partial charge in [0.2, 0.25) is 0 Å². The van der Waals surface area contributed by atoms with Crippen LogP contribution in [0, 0.1) is 5.41 Å². The molecule has 3 nitrogen and oxygen atoms in total. The SMILES string of the molecule is COc1cccc(C(=O)NCC2(CF)CC2)c1. The van der Waals surface area contributed by atoms with E-state index < -0.39 is 0 Å². The summed E-state index contributed by atoms with van der Waals surface area (Å²) >= 11 is 0. The van der Waals surface area contributed by atoms with Gasteiger partial charge >= 0.3 is 0 Å². The molecule has 1 aromatic rings. The number of hydrogen-bond acceptors (Lipinski definition) is 2. The predicted molar refractivity (Wildman–Crippen MR) is 63.0 cm³/mol. The van der Waals surface area contributed by atoms with Crippen LogP contribution in [0.5, 0.6) is 5.75 Å². The molecule has 1 aromatic carbocycles. The lowest BCUT2D eigenvalue weighted by molar-refractivity contribution is 0.0941. The number of nitrogens with one attached hydrogen (secondary N) is 1. The van der Waals surface area contributed by atoms with Crippen LogP contribution in [0.3, 0.4) is 0 Å². The van der Waals surface area contributed by atoms with E-state index in [2.05, 4.69) is 5.32 Å². The Balaban J connectivity index is 1.95. The van der Waals surface area contributed by atoms with Crippen molar-refractivity contribution in [1.29, 1.82) is 0 Å². The van der Waals surface area contributed by atoms with Gasteiger partial charge in [0.15, 0.2) is 0 Å². The highest BCUT2D eigenvalue weighted by Crippen LogP contribution is 2.45. The number of benzene rings is 1. The summed E-state index contributed by atoms with van der Waals surface area (Å²) in [4.78, 5) is 11.8. The Bertz CT molecular complexity index is 416. The van der Waals surface area contributed by atoms with Crippen LogP contribution in [0.1, 0.15) is 23.2 Å². The van der Waals surface area contributed by atoms with Gasteiger partial charge in [0.05, 0.1) is 13.8 Å². The highest BCUT2D eigenvalue weighted by molar-refractivity contribution is 5.94. The molecule has 1 amide bonds. The van der Waals surface area contributed by atoms with Crippen molar-refractivity contribution < 1.29 is 13.9 Å². The van der Waals surface area contributed by atoms with Gasteiger partial charge in [0.1, 0.15) is 5.75 Å². The molecular weight excluding hydrogens is 221 g/mol. The van der Waals surface area contributed by atoms with Gasteiger partial charge in [0, 0.05) is 17.5 Å². The average Bonchev–Trinajstić information content (AvgIpc) is 3.17. The Morgan fingerprint density at radius 1 is 1.53 bits per heavy atom. The van der Waals surface area contributed by atoms with Gasteiger partial charge in [0.25, 0.3) is 5.91 Å². The van der Waals surface area contributed by atoms with Gasteiger partial charge in [-0.25, -0.2) is 0 Å². The average molecular weight is 237 g/mol. The molecule has 92 valence electrons. The molecular formula is C13H16FNO2. The minimum atomic E-state index is -0.356. The summed E-state index contributed by atoms with van der Waals surface area (Å²) in [5, 5.41) is 2.77. The molecule has 0 aromatic heterocycles. The minimum Gasteiger partial charge on any atom is -0.497 e. The van der Waals surface area contributed by atoms with Crippen LogP contribution >= 0.6 is 0 Å². The van der Waals surface area contributed by atoms with Gasteiger partial charge < -0.3 is 10.1 Å². The number of carbonyl (C=O) groups excluding carboxylic acids is 1. The van der Waals surface area contributed by atoms with Crippen LogP contribution in [0.4, 0.5) is 4.39 Å². The van der Waals surface area contributed by atoms with Crippen molar-refractivity contribution in [3.63, 3.8) is 0 Å². The normalized spacial score (nSPS) is 16.4. The van der Waals surface area contributed by atoms with E-state index in [0.29, 0.717) is 17.9 Å². The minimum absolute atomic E-state index is 0.177. The van der Waals surface area contributed by atoms with E-state index in [0.717, 1.165) is 12.8 Å². The third kappa shape index (κ3) is 2.75. The summed E-state index contributed by atoms with van der Waals surface area (Å²) in [7, 11) is 1.55. The highest BCUT2D eigenvalue weighted by Gasteiger charge is 2.42. The molecule has 17 heavy (non-hydrogen) atoms. The van der Waals surface area contributed by atoms with Crippen LogP contribution in [-0.4, -0.2) is 26.2 Å². The maximum Gasteiger partial charge on any atom is 0.251 e. The number of hydrogen-bond donors (Lipinski definition) is 1. The monoisotopic (exact) mass is 237 g/mol. The van der Waals surface area contributed by atoms with E-state index in [9.17, 15) is 9.18 Å². The maximum atomic E-state index is 12.6. The van der Waals surface area contributed by atoms with Crippen molar-refractivity contribution in [2.75, 3.05) is 20.3 Å². The molecule has 1 fully saturated rings. The lowest BCUT2D eigenvalue weighted by atomic mass is 10.1. The number of halogens is 1. The Morgan fingerprint density at radius 2 is 2.29 bits per heavy atom. The summed E-state index contributed by atoms with van der Waals surface area (Å²) in [6.45, 7) is 0.0605. The third-order valence-electron chi connectivity index (χ3n) is 3.20. The number of methoxy groups -OCH3 is 1.